The van der Waals surface area contributed by atoms with E-state index in [9.17, 15) is 4.79 Å². The zero-order chi connectivity index (χ0) is 12.7. The van der Waals surface area contributed by atoms with E-state index in [0.29, 0.717) is 6.42 Å². The molecule has 2 atom stereocenters. The van der Waals surface area contributed by atoms with Gasteiger partial charge < -0.3 is 10.1 Å². The fourth-order valence-corrected chi connectivity index (χ4v) is 1.80. The number of rotatable bonds is 6. The van der Waals surface area contributed by atoms with Gasteiger partial charge in [-0.3, -0.25) is 4.79 Å². The number of hydrogen-bond acceptors (Lipinski definition) is 3. The van der Waals surface area contributed by atoms with Crippen molar-refractivity contribution in [3.8, 4) is 0 Å². The second kappa shape index (κ2) is 7.07. The topological polar surface area (TPSA) is 38.3 Å². The number of esters is 1. The fraction of sp³-hybridized carbons (Fsp3) is 0.500. The van der Waals surface area contributed by atoms with Gasteiger partial charge in [-0.1, -0.05) is 37.3 Å². The van der Waals surface area contributed by atoms with E-state index in [0.717, 1.165) is 6.42 Å². The number of carbonyl (C=O) groups is 1. The third kappa shape index (κ3) is 4.57. The Labute approximate surface area is 103 Å². The van der Waals surface area contributed by atoms with Crippen molar-refractivity contribution in [3.05, 3.63) is 35.9 Å². The Morgan fingerprint density at radius 3 is 2.53 bits per heavy atom. The van der Waals surface area contributed by atoms with E-state index in [4.69, 9.17) is 4.74 Å². The zero-order valence-electron chi connectivity index (χ0n) is 10.8. The highest BCUT2D eigenvalue weighted by atomic mass is 16.5. The van der Waals surface area contributed by atoms with Crippen molar-refractivity contribution in [1.82, 2.24) is 5.32 Å². The predicted octanol–water partition coefficient (Wildman–Crippen LogP) is 2.68. The lowest BCUT2D eigenvalue weighted by Gasteiger charge is -2.21. The number of methoxy groups -OCH3 is 1. The van der Waals surface area contributed by atoms with Crippen molar-refractivity contribution in [3.63, 3.8) is 0 Å². The maximum Gasteiger partial charge on any atom is 0.307 e. The molecule has 0 radical (unpaired) electrons. The van der Waals surface area contributed by atoms with Crippen LogP contribution in [0.1, 0.15) is 38.3 Å². The first kappa shape index (κ1) is 13.7. The molecule has 0 amide bonds. The molecular formula is C14H21NO2. The lowest BCUT2D eigenvalue weighted by molar-refractivity contribution is -0.141. The summed E-state index contributed by atoms with van der Waals surface area (Å²) in [5.41, 5.74) is 1.23. The van der Waals surface area contributed by atoms with Crippen LogP contribution in [0.4, 0.5) is 0 Å². The molecule has 1 aromatic rings. The number of ether oxygens (including phenoxy) is 1. The summed E-state index contributed by atoms with van der Waals surface area (Å²) in [5.74, 6) is -0.162. The van der Waals surface area contributed by atoms with Crippen molar-refractivity contribution >= 4 is 5.97 Å². The maximum absolute atomic E-state index is 11.2. The average Bonchev–Trinajstić information content (AvgIpc) is 2.38. The van der Waals surface area contributed by atoms with E-state index in [-0.39, 0.29) is 18.1 Å². The van der Waals surface area contributed by atoms with E-state index >= 15 is 0 Å². The molecule has 3 nitrogen and oxygen atoms in total. The van der Waals surface area contributed by atoms with Crippen LogP contribution in [0.25, 0.3) is 0 Å². The zero-order valence-corrected chi connectivity index (χ0v) is 10.8. The molecule has 0 spiro atoms. The van der Waals surface area contributed by atoms with E-state index < -0.39 is 0 Å². The van der Waals surface area contributed by atoms with Crippen LogP contribution in [0.3, 0.4) is 0 Å². The van der Waals surface area contributed by atoms with Crippen LogP contribution in [0.15, 0.2) is 30.3 Å². The predicted molar refractivity (Wildman–Crippen MR) is 68.7 cm³/mol. The Hall–Kier alpha value is -1.35. The Morgan fingerprint density at radius 2 is 2.00 bits per heavy atom. The first-order valence-corrected chi connectivity index (χ1v) is 6.05. The summed E-state index contributed by atoms with van der Waals surface area (Å²) in [6, 6.07) is 10.6. The van der Waals surface area contributed by atoms with Crippen LogP contribution in [0.5, 0.6) is 0 Å². The lowest BCUT2D eigenvalue weighted by atomic mass is 10.1. The molecule has 3 heteroatoms. The average molecular weight is 235 g/mol. The quantitative estimate of drug-likeness (QED) is 0.770. The van der Waals surface area contributed by atoms with Gasteiger partial charge in [0.25, 0.3) is 0 Å². The largest absolute Gasteiger partial charge is 0.469 e. The Bertz CT molecular complexity index is 337. The summed E-state index contributed by atoms with van der Waals surface area (Å²) in [7, 11) is 1.43. The minimum atomic E-state index is -0.162. The molecular weight excluding hydrogens is 214 g/mol. The van der Waals surface area contributed by atoms with Gasteiger partial charge in [0.1, 0.15) is 0 Å². The first-order valence-electron chi connectivity index (χ1n) is 6.05. The molecule has 0 aromatic heterocycles. The molecule has 0 aliphatic rings. The van der Waals surface area contributed by atoms with Crippen molar-refractivity contribution in [2.24, 2.45) is 0 Å². The van der Waals surface area contributed by atoms with Crippen LogP contribution < -0.4 is 5.32 Å². The van der Waals surface area contributed by atoms with E-state index in [1.54, 1.807) is 0 Å². The third-order valence-corrected chi connectivity index (χ3v) is 2.92. The number of hydrogen-bond donors (Lipinski definition) is 1. The van der Waals surface area contributed by atoms with Gasteiger partial charge in [-0.05, 0) is 18.9 Å². The molecule has 1 aromatic carbocycles. The Morgan fingerprint density at radius 1 is 1.35 bits per heavy atom. The normalized spacial score (nSPS) is 14.1. The van der Waals surface area contributed by atoms with Gasteiger partial charge in [0.15, 0.2) is 0 Å². The summed E-state index contributed by atoms with van der Waals surface area (Å²) in [5, 5.41) is 3.45. The Kier molecular flexibility index (Phi) is 5.70. The van der Waals surface area contributed by atoms with Gasteiger partial charge in [-0.2, -0.15) is 0 Å². The molecule has 0 saturated heterocycles. The van der Waals surface area contributed by atoms with Crippen molar-refractivity contribution in [2.45, 2.75) is 38.8 Å². The summed E-state index contributed by atoms with van der Waals surface area (Å²) >= 11 is 0. The smallest absolute Gasteiger partial charge is 0.307 e. The van der Waals surface area contributed by atoms with Crippen LogP contribution in [0, 0.1) is 0 Å². The molecule has 1 N–H and O–H groups in total. The summed E-state index contributed by atoms with van der Waals surface area (Å²) < 4.78 is 4.69. The van der Waals surface area contributed by atoms with Gasteiger partial charge in [-0.15, -0.1) is 0 Å². The fourth-order valence-electron chi connectivity index (χ4n) is 1.80. The molecule has 0 aliphatic carbocycles. The second-order valence-corrected chi connectivity index (χ2v) is 4.18. The van der Waals surface area contributed by atoms with Crippen LogP contribution in [-0.2, 0) is 9.53 Å². The highest BCUT2D eigenvalue weighted by Crippen LogP contribution is 2.14. The first-order chi connectivity index (χ1) is 8.17. The van der Waals surface area contributed by atoms with Gasteiger partial charge in [0, 0.05) is 12.1 Å². The van der Waals surface area contributed by atoms with Crippen molar-refractivity contribution in [1.29, 1.82) is 0 Å². The van der Waals surface area contributed by atoms with Crippen LogP contribution in [-0.4, -0.2) is 19.1 Å². The summed E-state index contributed by atoms with van der Waals surface area (Å²) in [4.78, 5) is 11.2. The minimum absolute atomic E-state index is 0.162. The number of carbonyl (C=O) groups excluding carboxylic acids is 1. The number of benzene rings is 1. The van der Waals surface area contributed by atoms with Gasteiger partial charge in [-0.25, -0.2) is 0 Å². The molecule has 0 aliphatic heterocycles. The van der Waals surface area contributed by atoms with Gasteiger partial charge >= 0.3 is 5.97 Å². The third-order valence-electron chi connectivity index (χ3n) is 2.92. The molecule has 0 saturated carbocycles. The monoisotopic (exact) mass is 235 g/mol. The van der Waals surface area contributed by atoms with Gasteiger partial charge in [0.2, 0.25) is 0 Å². The highest BCUT2D eigenvalue weighted by Gasteiger charge is 2.15. The molecule has 94 valence electrons. The van der Waals surface area contributed by atoms with E-state index in [2.05, 4.69) is 31.3 Å². The molecule has 2 unspecified atom stereocenters. The molecule has 0 bridgehead atoms. The van der Waals surface area contributed by atoms with Crippen LogP contribution in [0.2, 0.25) is 0 Å². The summed E-state index contributed by atoms with van der Waals surface area (Å²) in [6.45, 7) is 4.17. The van der Waals surface area contributed by atoms with Crippen molar-refractivity contribution < 1.29 is 9.53 Å². The summed E-state index contributed by atoms with van der Waals surface area (Å²) in [6.07, 6.45) is 1.33. The minimum Gasteiger partial charge on any atom is -0.469 e. The standard InChI is InChI=1S/C14H21NO2/c1-4-13(10-14(16)17-3)15-11(2)12-8-6-5-7-9-12/h5-9,11,13,15H,4,10H2,1-3H3. The maximum atomic E-state index is 11.2. The van der Waals surface area contributed by atoms with E-state index in [1.165, 1.54) is 12.7 Å². The second-order valence-electron chi connectivity index (χ2n) is 4.18. The van der Waals surface area contributed by atoms with E-state index in [1.807, 2.05) is 18.2 Å². The Balaban J connectivity index is 2.53. The van der Waals surface area contributed by atoms with Crippen LogP contribution >= 0.6 is 0 Å². The molecule has 1 rings (SSSR count). The van der Waals surface area contributed by atoms with Gasteiger partial charge in [0.05, 0.1) is 13.5 Å². The lowest BCUT2D eigenvalue weighted by Crippen LogP contribution is -2.33. The highest BCUT2D eigenvalue weighted by molar-refractivity contribution is 5.69. The molecule has 0 heterocycles. The molecule has 17 heavy (non-hydrogen) atoms. The number of nitrogens with one attached hydrogen (secondary N) is 1. The molecule has 0 fully saturated rings. The van der Waals surface area contributed by atoms with Crippen molar-refractivity contribution in [2.75, 3.05) is 7.11 Å². The SMILES string of the molecule is CCC(CC(=O)OC)NC(C)c1ccccc1.